The van der Waals surface area contributed by atoms with E-state index in [0.29, 0.717) is 16.7 Å². The summed E-state index contributed by atoms with van der Waals surface area (Å²) in [5, 5.41) is 4.48. The van der Waals surface area contributed by atoms with Crippen LogP contribution in [0.25, 0.3) is 33.4 Å². The Balaban J connectivity index is 1.45. The number of rotatable bonds is 7. The molecule has 0 heterocycles. The molecule has 0 nitrogen and oxygen atoms in total. The highest BCUT2D eigenvalue weighted by Crippen LogP contribution is 2.26. The van der Waals surface area contributed by atoms with Crippen LogP contribution in [0.1, 0.15) is 0 Å². The number of benzene rings is 7. The molecular weight excluding hydrogens is 590 g/mol. The Labute approximate surface area is 268 Å². The fourth-order valence-corrected chi connectivity index (χ4v) is 11.2. The Morgan fingerprint density at radius 3 is 0.826 bits per heavy atom. The van der Waals surface area contributed by atoms with Crippen molar-refractivity contribution in [2.45, 2.75) is 0 Å². The van der Waals surface area contributed by atoms with Crippen LogP contribution in [-0.2, 0) is 0 Å². The van der Waals surface area contributed by atoms with Gasteiger partial charge < -0.3 is 0 Å². The van der Waals surface area contributed by atoms with E-state index in [1.54, 1.807) is 36.4 Å². The zero-order chi connectivity index (χ0) is 31.5. The van der Waals surface area contributed by atoms with Crippen LogP contribution in [0.3, 0.4) is 0 Å². The predicted molar refractivity (Wildman–Crippen MR) is 186 cm³/mol. The van der Waals surface area contributed by atoms with Gasteiger partial charge in [0.1, 0.15) is 17.5 Å². The topological polar surface area (TPSA) is 0 Å². The molecule has 0 aliphatic rings. The zero-order valence-corrected chi connectivity index (χ0v) is 25.9. The summed E-state index contributed by atoms with van der Waals surface area (Å²) >= 11 is 0. The van der Waals surface area contributed by atoms with E-state index < -0.39 is 8.07 Å². The second kappa shape index (κ2) is 12.5. The number of halogens is 3. The Morgan fingerprint density at radius 1 is 0.261 bits per heavy atom. The summed E-state index contributed by atoms with van der Waals surface area (Å²) in [7, 11) is -2.99. The Bertz CT molecular complexity index is 1890. The molecule has 7 aromatic rings. The van der Waals surface area contributed by atoms with Crippen molar-refractivity contribution in [2.75, 3.05) is 0 Å². The van der Waals surface area contributed by atoms with Gasteiger partial charge in [0.15, 0.2) is 8.07 Å². The molecule has 0 radical (unpaired) electrons. The van der Waals surface area contributed by atoms with Gasteiger partial charge in [-0.1, -0.05) is 158 Å². The summed E-state index contributed by atoms with van der Waals surface area (Å²) in [6.45, 7) is 0. The molecule has 0 amide bonds. The lowest BCUT2D eigenvalue weighted by molar-refractivity contribution is 0.631. The largest absolute Gasteiger partial charge is 0.206 e. The van der Waals surface area contributed by atoms with Crippen molar-refractivity contribution in [1.82, 2.24) is 0 Å². The minimum absolute atomic E-state index is 0.269. The van der Waals surface area contributed by atoms with Crippen molar-refractivity contribution in [3.8, 4) is 33.4 Å². The van der Waals surface area contributed by atoms with Crippen LogP contribution in [0.15, 0.2) is 176 Å². The van der Waals surface area contributed by atoms with Crippen molar-refractivity contribution in [1.29, 1.82) is 0 Å². The first kappa shape index (κ1) is 29.3. The molecule has 0 spiro atoms. The van der Waals surface area contributed by atoms with Crippen LogP contribution in [0.4, 0.5) is 13.2 Å². The van der Waals surface area contributed by atoms with E-state index >= 15 is 0 Å². The summed E-state index contributed by atoms with van der Waals surface area (Å²) in [6.07, 6.45) is 0. The molecule has 222 valence electrons. The highest BCUT2D eigenvalue weighted by Gasteiger charge is 2.41. The maximum Gasteiger partial charge on any atom is 0.179 e. The zero-order valence-electron chi connectivity index (χ0n) is 24.9. The van der Waals surface area contributed by atoms with Gasteiger partial charge in [0.2, 0.25) is 0 Å². The van der Waals surface area contributed by atoms with Gasteiger partial charge in [-0.05, 0) is 55.6 Å². The summed E-state index contributed by atoms with van der Waals surface area (Å²) < 4.78 is 44.3. The molecule has 7 rings (SSSR count). The second-order valence-electron chi connectivity index (χ2n) is 11.3. The van der Waals surface area contributed by atoms with Gasteiger partial charge in [-0.15, -0.1) is 0 Å². The molecule has 0 aliphatic carbocycles. The van der Waals surface area contributed by atoms with Crippen LogP contribution in [0.2, 0.25) is 0 Å². The third-order valence-electron chi connectivity index (χ3n) is 8.72. The molecule has 4 heteroatoms. The SMILES string of the molecule is Fc1ccccc1-c1ccc([Si](c2ccccc2)(c2ccc(-c3ccccc3F)cc2)c2ccc(-c3ccccc3F)cc2)cc1. The molecule has 0 atom stereocenters. The average Bonchev–Trinajstić information content (AvgIpc) is 3.11. The van der Waals surface area contributed by atoms with Crippen LogP contribution >= 0.6 is 0 Å². The number of hydrogen-bond donors (Lipinski definition) is 0. The van der Waals surface area contributed by atoms with E-state index in [-0.39, 0.29) is 17.5 Å². The van der Waals surface area contributed by atoms with E-state index in [9.17, 15) is 13.2 Å². The summed E-state index contributed by atoms with van der Waals surface area (Å²) in [5.74, 6) is -0.808. The van der Waals surface area contributed by atoms with E-state index in [0.717, 1.165) is 37.4 Å². The van der Waals surface area contributed by atoms with Gasteiger partial charge in [-0.25, -0.2) is 13.2 Å². The van der Waals surface area contributed by atoms with Gasteiger partial charge in [0, 0.05) is 16.7 Å². The van der Waals surface area contributed by atoms with Gasteiger partial charge >= 0.3 is 0 Å². The van der Waals surface area contributed by atoms with Crippen LogP contribution in [0.5, 0.6) is 0 Å². The molecule has 0 saturated heterocycles. The monoisotopic (exact) mass is 618 g/mol. The Morgan fingerprint density at radius 2 is 0.522 bits per heavy atom. The van der Waals surface area contributed by atoms with Crippen molar-refractivity contribution < 1.29 is 13.2 Å². The summed E-state index contributed by atoms with van der Waals surface area (Å²) in [6, 6.07) is 55.3. The van der Waals surface area contributed by atoms with E-state index in [1.807, 2.05) is 72.8 Å². The standard InChI is InChI=1S/C42H29F3Si/c43-40-15-7-4-12-37(40)30-18-24-34(25-19-30)46(33-10-2-1-3-11-33,35-26-20-31(21-27-35)38-13-5-8-16-41(38)44)36-28-22-32(23-29-36)39-14-6-9-17-42(39)45/h1-29H. The van der Waals surface area contributed by atoms with Gasteiger partial charge in [-0.2, -0.15) is 0 Å². The molecule has 7 aromatic carbocycles. The van der Waals surface area contributed by atoms with Crippen molar-refractivity contribution in [2.24, 2.45) is 0 Å². The summed E-state index contributed by atoms with van der Waals surface area (Å²) in [5.41, 5.74) is 4.02. The van der Waals surface area contributed by atoms with E-state index in [4.69, 9.17) is 0 Å². The lowest BCUT2D eigenvalue weighted by Crippen LogP contribution is -2.74. The lowest BCUT2D eigenvalue weighted by Gasteiger charge is -2.35. The third-order valence-corrected chi connectivity index (χ3v) is 13.5. The quantitative estimate of drug-likeness (QED) is 0.124. The van der Waals surface area contributed by atoms with Crippen molar-refractivity contribution in [3.05, 3.63) is 193 Å². The van der Waals surface area contributed by atoms with Crippen molar-refractivity contribution in [3.63, 3.8) is 0 Å². The molecule has 0 fully saturated rings. The van der Waals surface area contributed by atoms with Crippen LogP contribution < -0.4 is 20.7 Å². The molecule has 0 unspecified atom stereocenters. The summed E-state index contributed by atoms with van der Waals surface area (Å²) in [4.78, 5) is 0. The minimum atomic E-state index is -2.99. The highest BCUT2D eigenvalue weighted by atomic mass is 28.3. The average molecular weight is 619 g/mol. The highest BCUT2D eigenvalue weighted by molar-refractivity contribution is 7.19. The van der Waals surface area contributed by atoms with Crippen LogP contribution in [0, 0.1) is 17.5 Å². The fraction of sp³-hybridized carbons (Fsp3) is 0. The van der Waals surface area contributed by atoms with Gasteiger partial charge in [0.25, 0.3) is 0 Å². The second-order valence-corrected chi connectivity index (χ2v) is 15.1. The maximum atomic E-state index is 14.8. The molecule has 0 aromatic heterocycles. The first-order valence-electron chi connectivity index (χ1n) is 15.2. The predicted octanol–water partition coefficient (Wildman–Crippen LogP) is 8.48. The molecule has 0 aliphatic heterocycles. The molecular formula is C42H29F3Si. The molecule has 46 heavy (non-hydrogen) atoms. The first-order chi connectivity index (χ1) is 22.6. The molecule has 0 N–H and O–H groups in total. The van der Waals surface area contributed by atoms with Gasteiger partial charge in [-0.3, -0.25) is 0 Å². The lowest BCUT2D eigenvalue weighted by atomic mass is 10.1. The minimum Gasteiger partial charge on any atom is -0.206 e. The van der Waals surface area contributed by atoms with Crippen LogP contribution in [-0.4, -0.2) is 8.07 Å². The Hall–Kier alpha value is -5.45. The van der Waals surface area contributed by atoms with Crippen molar-refractivity contribution >= 4 is 28.8 Å². The first-order valence-corrected chi connectivity index (χ1v) is 17.2. The maximum absolute atomic E-state index is 14.8. The van der Waals surface area contributed by atoms with E-state index in [1.165, 1.54) is 18.2 Å². The normalized spacial score (nSPS) is 11.4. The molecule has 0 bridgehead atoms. The fourth-order valence-electron chi connectivity index (χ4n) is 6.47. The smallest absolute Gasteiger partial charge is 0.179 e. The number of hydrogen-bond acceptors (Lipinski definition) is 0. The molecule has 0 saturated carbocycles. The Kier molecular flexibility index (Phi) is 7.96. The van der Waals surface area contributed by atoms with E-state index in [2.05, 4.69) is 48.5 Å². The third kappa shape index (κ3) is 5.27. The van der Waals surface area contributed by atoms with Gasteiger partial charge in [0.05, 0.1) is 0 Å².